The van der Waals surface area contributed by atoms with Crippen LogP contribution in [0.5, 0.6) is 0 Å². The number of rotatable bonds is 1. The lowest BCUT2D eigenvalue weighted by molar-refractivity contribution is 0.616. The second-order valence-corrected chi connectivity index (χ2v) is 4.90. The second-order valence-electron chi connectivity index (χ2n) is 4.90. The van der Waals surface area contributed by atoms with Gasteiger partial charge in [0.15, 0.2) is 0 Å². The largest absolute Gasteiger partial charge is 0.397 e. The van der Waals surface area contributed by atoms with Crippen LogP contribution in [0.3, 0.4) is 0 Å². The van der Waals surface area contributed by atoms with E-state index >= 15 is 0 Å². The number of benzene rings is 1. The molecule has 0 aromatic heterocycles. The van der Waals surface area contributed by atoms with Crippen molar-refractivity contribution in [2.24, 2.45) is 0 Å². The van der Waals surface area contributed by atoms with Gasteiger partial charge >= 0.3 is 0 Å². The number of hydrogen-bond donors (Lipinski definition) is 1. The summed E-state index contributed by atoms with van der Waals surface area (Å²) in [7, 11) is 0. The topological polar surface area (TPSA) is 29.3 Å². The van der Waals surface area contributed by atoms with Crippen LogP contribution < -0.4 is 10.6 Å². The van der Waals surface area contributed by atoms with E-state index in [1.54, 1.807) is 0 Å². The van der Waals surface area contributed by atoms with E-state index in [4.69, 9.17) is 5.73 Å². The smallest absolute Gasteiger partial charge is 0.0632 e. The molecular formula is C14H22N2. The van der Waals surface area contributed by atoms with Gasteiger partial charge in [0.1, 0.15) is 0 Å². The molecule has 1 heterocycles. The van der Waals surface area contributed by atoms with Crippen molar-refractivity contribution in [1.29, 1.82) is 0 Å². The molecule has 0 spiro atoms. The number of nitrogens with zero attached hydrogens (tertiary/aromatic N) is 1. The zero-order valence-electron chi connectivity index (χ0n) is 10.4. The molecule has 0 bridgehead atoms. The molecule has 1 aromatic carbocycles. The van der Waals surface area contributed by atoms with Crippen LogP contribution in [0.2, 0.25) is 0 Å². The fourth-order valence-corrected chi connectivity index (χ4v) is 2.68. The molecule has 16 heavy (non-hydrogen) atoms. The summed E-state index contributed by atoms with van der Waals surface area (Å²) in [5, 5.41) is 0. The van der Waals surface area contributed by atoms with Crippen LogP contribution in [0.4, 0.5) is 11.4 Å². The van der Waals surface area contributed by atoms with E-state index in [0.717, 1.165) is 12.2 Å². The fraction of sp³-hybridized carbons (Fsp3) is 0.571. The summed E-state index contributed by atoms with van der Waals surface area (Å²) in [6, 6.07) is 6.82. The quantitative estimate of drug-likeness (QED) is 0.732. The first kappa shape index (κ1) is 11.3. The Labute approximate surface area is 98.4 Å². The van der Waals surface area contributed by atoms with Gasteiger partial charge in [-0.15, -0.1) is 0 Å². The maximum Gasteiger partial charge on any atom is 0.0632 e. The molecule has 0 amide bonds. The van der Waals surface area contributed by atoms with E-state index in [-0.39, 0.29) is 0 Å². The molecule has 1 unspecified atom stereocenters. The number of anilines is 2. The second kappa shape index (κ2) is 4.77. The van der Waals surface area contributed by atoms with Gasteiger partial charge in [0, 0.05) is 12.6 Å². The van der Waals surface area contributed by atoms with Gasteiger partial charge in [-0.3, -0.25) is 0 Å². The van der Waals surface area contributed by atoms with Gasteiger partial charge in [-0.1, -0.05) is 25.0 Å². The Hall–Kier alpha value is -1.18. The molecule has 1 aliphatic heterocycles. The predicted molar refractivity (Wildman–Crippen MR) is 70.9 cm³/mol. The Balaban J connectivity index is 2.33. The van der Waals surface area contributed by atoms with E-state index in [1.807, 2.05) is 12.1 Å². The van der Waals surface area contributed by atoms with Crippen LogP contribution in [-0.2, 0) is 0 Å². The molecule has 2 rings (SSSR count). The maximum atomic E-state index is 6.12. The van der Waals surface area contributed by atoms with Gasteiger partial charge in [-0.2, -0.15) is 0 Å². The Kier molecular flexibility index (Phi) is 3.37. The van der Waals surface area contributed by atoms with Crippen LogP contribution in [0, 0.1) is 6.92 Å². The van der Waals surface area contributed by atoms with Gasteiger partial charge in [-0.05, 0) is 38.3 Å². The highest BCUT2D eigenvalue weighted by atomic mass is 15.2. The lowest BCUT2D eigenvalue weighted by Crippen LogP contribution is -2.33. The molecule has 2 heteroatoms. The summed E-state index contributed by atoms with van der Waals surface area (Å²) >= 11 is 0. The van der Waals surface area contributed by atoms with Crippen molar-refractivity contribution in [1.82, 2.24) is 0 Å². The Bertz CT molecular complexity index is 340. The third-order valence-corrected chi connectivity index (χ3v) is 3.61. The first-order valence-corrected chi connectivity index (χ1v) is 6.32. The SMILES string of the molecule is Cc1cccc(N)c1N1CCCCCC1C. The van der Waals surface area contributed by atoms with E-state index in [1.165, 1.54) is 36.9 Å². The van der Waals surface area contributed by atoms with Gasteiger partial charge < -0.3 is 10.6 Å². The van der Waals surface area contributed by atoms with Gasteiger partial charge in [-0.25, -0.2) is 0 Å². The number of aryl methyl sites for hydroxylation is 1. The molecule has 0 aliphatic carbocycles. The summed E-state index contributed by atoms with van der Waals surface area (Å²) in [6.07, 6.45) is 5.28. The van der Waals surface area contributed by atoms with E-state index < -0.39 is 0 Å². The van der Waals surface area contributed by atoms with Crippen molar-refractivity contribution in [3.8, 4) is 0 Å². The maximum absolute atomic E-state index is 6.12. The molecule has 1 fully saturated rings. The fourth-order valence-electron chi connectivity index (χ4n) is 2.68. The van der Waals surface area contributed by atoms with Crippen LogP contribution in [0.1, 0.15) is 38.2 Å². The Morgan fingerprint density at radius 2 is 2.06 bits per heavy atom. The lowest BCUT2D eigenvalue weighted by atomic mass is 10.1. The average molecular weight is 218 g/mol. The first-order chi connectivity index (χ1) is 7.70. The molecule has 1 saturated heterocycles. The summed E-state index contributed by atoms with van der Waals surface area (Å²) < 4.78 is 0. The minimum atomic E-state index is 0.617. The normalized spacial score (nSPS) is 21.9. The number of para-hydroxylation sites is 1. The molecule has 1 aliphatic rings. The summed E-state index contributed by atoms with van der Waals surface area (Å²) in [5.74, 6) is 0. The molecule has 88 valence electrons. The summed E-state index contributed by atoms with van der Waals surface area (Å²) in [6.45, 7) is 5.62. The molecule has 1 atom stereocenters. The Morgan fingerprint density at radius 1 is 1.25 bits per heavy atom. The molecule has 2 N–H and O–H groups in total. The highest BCUT2D eigenvalue weighted by Gasteiger charge is 2.20. The van der Waals surface area contributed by atoms with Crippen molar-refractivity contribution in [2.45, 2.75) is 45.6 Å². The average Bonchev–Trinajstić information content (AvgIpc) is 2.44. The van der Waals surface area contributed by atoms with Crippen molar-refractivity contribution in [3.63, 3.8) is 0 Å². The molecule has 2 nitrogen and oxygen atoms in total. The van der Waals surface area contributed by atoms with Gasteiger partial charge in [0.25, 0.3) is 0 Å². The minimum Gasteiger partial charge on any atom is -0.397 e. The van der Waals surface area contributed by atoms with E-state index in [0.29, 0.717) is 6.04 Å². The summed E-state index contributed by atoms with van der Waals surface area (Å²) in [5.41, 5.74) is 9.61. The minimum absolute atomic E-state index is 0.617. The monoisotopic (exact) mass is 218 g/mol. The van der Waals surface area contributed by atoms with Gasteiger partial charge in [0.2, 0.25) is 0 Å². The summed E-state index contributed by atoms with van der Waals surface area (Å²) in [4.78, 5) is 2.50. The highest BCUT2D eigenvalue weighted by molar-refractivity contribution is 5.71. The van der Waals surface area contributed by atoms with Crippen molar-refractivity contribution in [2.75, 3.05) is 17.2 Å². The lowest BCUT2D eigenvalue weighted by Gasteiger charge is -2.32. The number of nitrogen functional groups attached to an aromatic ring is 1. The molecule has 0 saturated carbocycles. The van der Waals surface area contributed by atoms with Crippen molar-refractivity contribution < 1.29 is 0 Å². The third kappa shape index (κ3) is 2.16. The standard InChI is InChI=1S/C14H22N2/c1-11-7-6-9-13(15)14(11)16-10-5-3-4-8-12(16)2/h6-7,9,12H,3-5,8,10,15H2,1-2H3. The van der Waals surface area contributed by atoms with E-state index in [2.05, 4.69) is 24.8 Å². The van der Waals surface area contributed by atoms with Crippen molar-refractivity contribution >= 4 is 11.4 Å². The molecule has 1 aromatic rings. The zero-order valence-corrected chi connectivity index (χ0v) is 10.4. The first-order valence-electron chi connectivity index (χ1n) is 6.32. The molecule has 0 radical (unpaired) electrons. The number of nitrogens with two attached hydrogens (primary N) is 1. The van der Waals surface area contributed by atoms with Crippen LogP contribution in [0.25, 0.3) is 0 Å². The van der Waals surface area contributed by atoms with Crippen LogP contribution in [-0.4, -0.2) is 12.6 Å². The Morgan fingerprint density at radius 3 is 2.81 bits per heavy atom. The zero-order chi connectivity index (χ0) is 11.5. The van der Waals surface area contributed by atoms with Crippen LogP contribution in [0.15, 0.2) is 18.2 Å². The van der Waals surface area contributed by atoms with E-state index in [9.17, 15) is 0 Å². The van der Waals surface area contributed by atoms with Gasteiger partial charge in [0.05, 0.1) is 11.4 Å². The number of hydrogen-bond acceptors (Lipinski definition) is 2. The van der Waals surface area contributed by atoms with Crippen molar-refractivity contribution in [3.05, 3.63) is 23.8 Å². The predicted octanol–water partition coefficient (Wildman–Crippen LogP) is 3.35. The molecular weight excluding hydrogens is 196 g/mol. The van der Waals surface area contributed by atoms with Crippen LogP contribution >= 0.6 is 0 Å². The third-order valence-electron chi connectivity index (χ3n) is 3.61. The highest BCUT2D eigenvalue weighted by Crippen LogP contribution is 2.31.